The van der Waals surface area contributed by atoms with Gasteiger partial charge < -0.3 is 9.64 Å². The summed E-state index contributed by atoms with van der Waals surface area (Å²) in [6.45, 7) is 10.6. The highest BCUT2D eigenvalue weighted by atomic mass is 32.2. The summed E-state index contributed by atoms with van der Waals surface area (Å²) in [4.78, 5) is 51.6. The lowest BCUT2D eigenvalue weighted by atomic mass is 10.1. The van der Waals surface area contributed by atoms with Crippen molar-refractivity contribution in [1.29, 1.82) is 0 Å². The molecular weight excluding hydrogens is 691 g/mol. The van der Waals surface area contributed by atoms with Crippen LogP contribution in [0.1, 0.15) is 51.3 Å². The van der Waals surface area contributed by atoms with Crippen LogP contribution in [0.5, 0.6) is 0 Å². The SMILES string of the molecule is Cc1ccc(NC(=O)OC(C)(C)C)cc1N(CCN(C(C)C)S(=O)(=O)c1ccccc1[N+](=O)[O-])C(=O)CNCC(=O)N(C)N1Cc2ccccc2C1. The average molecular weight is 738 g/mol. The van der Waals surface area contributed by atoms with Crippen molar-refractivity contribution in [2.75, 3.05) is 43.4 Å². The number of nitro groups is 1. The van der Waals surface area contributed by atoms with Crippen LogP contribution in [0, 0.1) is 17.0 Å². The van der Waals surface area contributed by atoms with E-state index in [1.807, 2.05) is 29.3 Å². The molecule has 0 bridgehead atoms. The number of likely N-dealkylation sites (N-methyl/N-ethyl adjacent to an activating group) is 1. The van der Waals surface area contributed by atoms with Crippen LogP contribution >= 0.6 is 0 Å². The van der Waals surface area contributed by atoms with Crippen LogP contribution in [0.2, 0.25) is 0 Å². The van der Waals surface area contributed by atoms with Crippen molar-refractivity contribution in [2.45, 2.75) is 71.2 Å². The van der Waals surface area contributed by atoms with Gasteiger partial charge in [0.05, 0.1) is 18.0 Å². The zero-order chi connectivity index (χ0) is 38.4. The molecule has 3 aromatic carbocycles. The topological polar surface area (TPSA) is 175 Å². The molecule has 15 nitrogen and oxygen atoms in total. The third kappa shape index (κ3) is 9.91. The van der Waals surface area contributed by atoms with Crippen molar-refractivity contribution in [3.63, 3.8) is 0 Å². The van der Waals surface area contributed by atoms with Gasteiger partial charge in [-0.15, -0.1) is 0 Å². The molecule has 1 aliphatic heterocycles. The van der Waals surface area contributed by atoms with E-state index in [1.54, 1.807) is 66.8 Å². The van der Waals surface area contributed by atoms with Gasteiger partial charge in [-0.1, -0.05) is 42.5 Å². The fourth-order valence-corrected chi connectivity index (χ4v) is 7.54. The Kier molecular flexibility index (Phi) is 12.8. The Morgan fingerprint density at radius 2 is 1.54 bits per heavy atom. The highest BCUT2D eigenvalue weighted by molar-refractivity contribution is 7.89. The summed E-state index contributed by atoms with van der Waals surface area (Å²) in [5.74, 6) is -0.734. The highest BCUT2D eigenvalue weighted by Gasteiger charge is 2.34. The Labute approximate surface area is 304 Å². The highest BCUT2D eigenvalue weighted by Crippen LogP contribution is 2.29. The van der Waals surface area contributed by atoms with Crippen molar-refractivity contribution >= 4 is 45.0 Å². The second-order valence-corrected chi connectivity index (χ2v) is 15.6. The molecule has 2 N–H and O–H groups in total. The molecule has 0 unspecified atom stereocenters. The van der Waals surface area contributed by atoms with E-state index in [-0.39, 0.29) is 32.1 Å². The maximum atomic E-state index is 14.0. The quantitative estimate of drug-likeness (QED) is 0.175. The predicted molar refractivity (Wildman–Crippen MR) is 197 cm³/mol. The summed E-state index contributed by atoms with van der Waals surface area (Å²) in [7, 11) is -2.71. The maximum absolute atomic E-state index is 14.0. The average Bonchev–Trinajstić information content (AvgIpc) is 3.50. The van der Waals surface area contributed by atoms with Crippen molar-refractivity contribution in [1.82, 2.24) is 19.6 Å². The number of hydrogen-bond acceptors (Lipinski definition) is 10. The van der Waals surface area contributed by atoms with E-state index in [9.17, 15) is 32.9 Å². The molecule has 52 heavy (non-hydrogen) atoms. The molecule has 0 spiro atoms. The Bertz CT molecular complexity index is 1890. The minimum Gasteiger partial charge on any atom is -0.444 e. The zero-order valence-corrected chi connectivity index (χ0v) is 31.4. The number of para-hydroxylation sites is 1. The zero-order valence-electron chi connectivity index (χ0n) is 30.6. The number of hydrogen-bond donors (Lipinski definition) is 2. The van der Waals surface area contributed by atoms with Crippen LogP contribution in [0.4, 0.5) is 21.9 Å². The summed E-state index contributed by atoms with van der Waals surface area (Å²) in [6.07, 6.45) is -0.702. The molecule has 0 atom stereocenters. The van der Waals surface area contributed by atoms with E-state index in [4.69, 9.17) is 4.74 Å². The van der Waals surface area contributed by atoms with Crippen molar-refractivity contribution in [2.24, 2.45) is 0 Å². The number of rotatable bonds is 14. The number of nitrogens with one attached hydrogen (secondary N) is 2. The van der Waals surface area contributed by atoms with E-state index < -0.39 is 49.2 Å². The Hall–Kier alpha value is -4.90. The molecule has 280 valence electrons. The van der Waals surface area contributed by atoms with Gasteiger partial charge in [0.2, 0.25) is 15.9 Å². The molecular formula is C36H47N7O8S. The number of aryl methyl sites for hydroxylation is 1. The van der Waals surface area contributed by atoms with Gasteiger partial charge in [0.15, 0.2) is 4.90 Å². The van der Waals surface area contributed by atoms with E-state index in [2.05, 4.69) is 10.6 Å². The summed E-state index contributed by atoms with van der Waals surface area (Å²) in [5, 5.41) is 20.8. The lowest BCUT2D eigenvalue weighted by Gasteiger charge is -2.31. The minimum atomic E-state index is -4.39. The smallest absolute Gasteiger partial charge is 0.412 e. The molecule has 0 aliphatic carbocycles. The lowest BCUT2D eigenvalue weighted by molar-refractivity contribution is -0.387. The predicted octanol–water partition coefficient (Wildman–Crippen LogP) is 4.66. The number of ether oxygens (including phenoxy) is 1. The van der Waals surface area contributed by atoms with Crippen molar-refractivity contribution < 1.29 is 32.5 Å². The van der Waals surface area contributed by atoms with Gasteiger partial charge in [0.1, 0.15) is 5.60 Å². The molecule has 0 fully saturated rings. The fourth-order valence-electron chi connectivity index (χ4n) is 5.76. The summed E-state index contributed by atoms with van der Waals surface area (Å²) in [6, 6.07) is 17.3. The monoisotopic (exact) mass is 737 g/mol. The molecule has 16 heteroatoms. The number of anilines is 2. The maximum Gasteiger partial charge on any atom is 0.412 e. The number of nitro benzene ring substituents is 1. The van der Waals surface area contributed by atoms with Gasteiger partial charge in [-0.05, 0) is 76.4 Å². The number of amides is 3. The van der Waals surface area contributed by atoms with Crippen molar-refractivity contribution in [3.8, 4) is 0 Å². The second kappa shape index (κ2) is 16.6. The van der Waals surface area contributed by atoms with E-state index in [0.717, 1.165) is 21.5 Å². The first-order valence-corrected chi connectivity index (χ1v) is 18.3. The summed E-state index contributed by atoms with van der Waals surface area (Å²) >= 11 is 0. The Morgan fingerprint density at radius 1 is 0.942 bits per heavy atom. The number of carbonyl (C=O) groups excluding carboxylic acids is 3. The van der Waals surface area contributed by atoms with Crippen LogP contribution in [0.15, 0.2) is 71.6 Å². The molecule has 3 aromatic rings. The second-order valence-electron chi connectivity index (χ2n) is 13.7. The number of sulfonamides is 1. The third-order valence-electron chi connectivity index (χ3n) is 8.38. The normalized spacial score (nSPS) is 13.2. The van der Waals surface area contributed by atoms with E-state index in [1.165, 1.54) is 28.1 Å². The number of nitrogens with zero attached hydrogens (tertiary/aromatic N) is 5. The number of benzene rings is 3. The lowest BCUT2D eigenvalue weighted by Crippen LogP contribution is -2.48. The van der Waals surface area contributed by atoms with Crippen LogP contribution in [0.25, 0.3) is 0 Å². The molecule has 1 aliphatic rings. The Morgan fingerprint density at radius 3 is 2.13 bits per heavy atom. The third-order valence-corrected chi connectivity index (χ3v) is 10.5. The molecule has 0 saturated heterocycles. The molecule has 0 radical (unpaired) electrons. The number of carbonyl (C=O) groups is 3. The number of hydrazine groups is 1. The standard InChI is InChI=1S/C36H47N7O8S/c1-25(2)42(52(49,50)32-15-11-10-14-30(32)43(47)48)19-18-41(31-20-29(17-16-26(31)3)38-35(46)51-36(4,5)6)34(45)22-37-21-33(44)39(7)40-23-27-12-8-9-13-28(27)24-40/h8-17,20,25,37H,18-19,21-24H2,1-7H3,(H,38,46). The van der Waals surface area contributed by atoms with Gasteiger partial charge in [0.25, 0.3) is 11.6 Å². The number of fused-ring (bicyclic) bond motifs is 1. The van der Waals surface area contributed by atoms with Gasteiger partial charge in [0, 0.05) is 56.7 Å². The summed E-state index contributed by atoms with van der Waals surface area (Å²) in [5.41, 5.74) is 2.31. The largest absolute Gasteiger partial charge is 0.444 e. The van der Waals surface area contributed by atoms with E-state index >= 15 is 0 Å². The molecule has 4 rings (SSSR count). The van der Waals surface area contributed by atoms with Crippen molar-refractivity contribution in [3.05, 3.63) is 93.5 Å². The van der Waals surface area contributed by atoms with Crippen LogP contribution < -0.4 is 15.5 Å². The van der Waals surface area contributed by atoms with Crippen LogP contribution in [-0.4, -0.2) is 90.4 Å². The van der Waals surface area contributed by atoms with Crippen LogP contribution in [0.3, 0.4) is 0 Å². The van der Waals surface area contributed by atoms with Gasteiger partial charge in [-0.2, -0.15) is 4.31 Å². The minimum absolute atomic E-state index is 0.147. The summed E-state index contributed by atoms with van der Waals surface area (Å²) < 4.78 is 34.2. The first-order valence-electron chi connectivity index (χ1n) is 16.8. The first kappa shape index (κ1) is 39.9. The molecule has 1 heterocycles. The first-order chi connectivity index (χ1) is 24.4. The van der Waals surface area contributed by atoms with Crippen LogP contribution in [-0.2, 0) is 37.4 Å². The molecule has 0 saturated carbocycles. The van der Waals surface area contributed by atoms with Gasteiger partial charge in [-0.3, -0.25) is 35.3 Å². The van der Waals surface area contributed by atoms with Gasteiger partial charge in [-0.25, -0.2) is 18.2 Å². The molecule has 3 amide bonds. The Balaban J connectivity index is 1.56. The fraction of sp³-hybridized carbons (Fsp3) is 0.417. The van der Waals surface area contributed by atoms with Gasteiger partial charge >= 0.3 is 6.09 Å². The van der Waals surface area contributed by atoms with E-state index in [0.29, 0.717) is 30.0 Å². The molecule has 0 aromatic heterocycles.